The van der Waals surface area contributed by atoms with E-state index in [0.29, 0.717) is 0 Å². The number of carboxylic acid groups (broad SMARTS) is 2. The van der Waals surface area contributed by atoms with E-state index in [1.165, 1.54) is 180 Å². The lowest BCUT2D eigenvalue weighted by atomic mass is 10.0. The predicted octanol–water partition coefficient (Wildman–Crippen LogP) is 7.22. The molecule has 326 valence electrons. The van der Waals surface area contributed by atoms with Crippen molar-refractivity contribution in [3.8, 4) is 0 Å². The molecule has 0 radical (unpaired) electrons. The Morgan fingerprint density at radius 1 is 0.444 bits per heavy atom. The molecule has 9 nitrogen and oxygen atoms in total. The fourth-order valence-electron chi connectivity index (χ4n) is 6.24. The number of hydrogen-bond donors (Lipinski definition) is 3. The number of rotatable bonds is 36. The third kappa shape index (κ3) is 52.9. The van der Waals surface area contributed by atoms with Gasteiger partial charge in [0.2, 0.25) is 0 Å². The smallest absolute Gasteiger partial charge is 0.273 e. The molecule has 10 heteroatoms. The zero-order chi connectivity index (χ0) is 41.5. The maximum atomic E-state index is 10.2. The summed E-state index contributed by atoms with van der Waals surface area (Å²) >= 11 is 0. The summed E-state index contributed by atoms with van der Waals surface area (Å²) in [6.45, 7) is 24.1. The fraction of sp³-hybridized carbons (Fsp3) is 0.955. The number of aliphatic carboxylic acids is 2. The highest BCUT2D eigenvalue weighted by atomic mass is 32.2. The van der Waals surface area contributed by atoms with Crippen molar-refractivity contribution < 1.29 is 43.4 Å². The first kappa shape index (κ1) is 57.1. The molecular formula is C44H92N2O7S. The molecule has 1 atom stereocenters. The molecule has 0 spiro atoms. The van der Waals surface area contributed by atoms with Crippen molar-refractivity contribution >= 4 is 22.1 Å². The summed E-state index contributed by atoms with van der Waals surface area (Å²) in [5.41, 5.74) is 0. The summed E-state index contributed by atoms with van der Waals surface area (Å²) in [7, 11) is -4.94. The van der Waals surface area contributed by atoms with Gasteiger partial charge < -0.3 is 30.4 Å². The van der Waals surface area contributed by atoms with Crippen LogP contribution in [0, 0.1) is 23.7 Å². The van der Waals surface area contributed by atoms with Crippen LogP contribution in [-0.4, -0.2) is 56.3 Å². The van der Waals surface area contributed by atoms with Gasteiger partial charge >= 0.3 is 0 Å². The lowest BCUT2D eigenvalue weighted by Crippen LogP contribution is -2.84. The minimum Gasteiger partial charge on any atom is -0.550 e. The molecule has 0 rings (SSSR count). The average Bonchev–Trinajstić information content (AvgIpc) is 3.06. The molecule has 0 fully saturated rings. The van der Waals surface area contributed by atoms with Crippen LogP contribution in [0.5, 0.6) is 0 Å². The predicted molar refractivity (Wildman–Crippen MR) is 223 cm³/mol. The van der Waals surface area contributed by atoms with E-state index in [1.807, 2.05) is 0 Å². The van der Waals surface area contributed by atoms with Crippen molar-refractivity contribution in [2.75, 3.05) is 26.2 Å². The fourth-order valence-corrected chi connectivity index (χ4v) is 6.83. The van der Waals surface area contributed by atoms with Gasteiger partial charge in [0.1, 0.15) is 5.25 Å². The zero-order valence-corrected chi connectivity index (χ0v) is 37.7. The molecule has 0 aromatic carbocycles. The molecule has 54 heavy (non-hydrogen) atoms. The quantitative estimate of drug-likeness (QED) is 0.0445. The Balaban J connectivity index is -0.000000752. The molecule has 0 amide bonds. The summed E-state index contributed by atoms with van der Waals surface area (Å²) in [5, 5.41) is 22.3. The Labute approximate surface area is 335 Å². The molecule has 0 aliphatic carbocycles. The van der Waals surface area contributed by atoms with Gasteiger partial charge in [-0.25, -0.2) is 0 Å². The van der Waals surface area contributed by atoms with Crippen LogP contribution in [0.15, 0.2) is 0 Å². The van der Waals surface area contributed by atoms with Crippen molar-refractivity contribution in [3.63, 3.8) is 0 Å². The Kier molecular flexibility index (Phi) is 43.8. The van der Waals surface area contributed by atoms with Gasteiger partial charge in [0.15, 0.2) is 0 Å². The summed E-state index contributed by atoms with van der Waals surface area (Å²) in [5.74, 6) is -0.511. The van der Waals surface area contributed by atoms with Crippen LogP contribution in [0.2, 0.25) is 0 Å². The van der Waals surface area contributed by atoms with E-state index in [4.69, 9.17) is 4.55 Å². The molecule has 1 unspecified atom stereocenters. The molecule has 0 aromatic heterocycles. The van der Waals surface area contributed by atoms with Crippen LogP contribution in [0.1, 0.15) is 216 Å². The summed E-state index contributed by atoms with van der Waals surface area (Å²) in [6, 6.07) is 0. The number of hydrogen-bond acceptors (Lipinski definition) is 6. The topological polar surface area (TPSA) is 168 Å². The van der Waals surface area contributed by atoms with Gasteiger partial charge in [0.05, 0.1) is 32.1 Å². The number of nitrogens with two attached hydrogens (primary N) is 2. The molecular weight excluding hydrogens is 701 g/mol. The highest BCUT2D eigenvalue weighted by Crippen LogP contribution is 2.12. The number of carbonyl (C=O) groups excluding carboxylic acids is 2. The Morgan fingerprint density at radius 2 is 0.667 bits per heavy atom. The van der Waals surface area contributed by atoms with E-state index < -0.39 is 33.7 Å². The Hall–Kier alpha value is -1.23. The van der Waals surface area contributed by atoms with Crippen molar-refractivity contribution in [1.82, 2.24) is 0 Å². The highest BCUT2D eigenvalue weighted by molar-refractivity contribution is 7.87. The van der Waals surface area contributed by atoms with E-state index in [0.717, 1.165) is 23.7 Å². The standard InChI is InChI=1S/2C20H43N.C4H6O7S/c2*1-19(2)15-11-7-5-9-13-17-21-18-14-10-6-8-12-16-20(3)4;5-3(6)1-2(4(7)8)12(9,10)11/h2*19-21H,5-18H2,1-4H3;2H,1H2,(H,5,6)(H,7,8)(H,9,10,11). The second-order valence-electron chi connectivity index (χ2n) is 17.4. The maximum Gasteiger partial charge on any atom is 0.273 e. The van der Waals surface area contributed by atoms with E-state index in [9.17, 15) is 28.2 Å². The van der Waals surface area contributed by atoms with Crippen LogP contribution in [0.25, 0.3) is 0 Å². The molecule has 0 saturated heterocycles. The van der Waals surface area contributed by atoms with Crippen LogP contribution in [-0.2, 0) is 19.7 Å². The zero-order valence-electron chi connectivity index (χ0n) is 36.9. The molecule has 0 saturated carbocycles. The number of carbonyl (C=O) groups is 2. The first-order valence-corrected chi connectivity index (χ1v) is 24.0. The van der Waals surface area contributed by atoms with E-state index >= 15 is 0 Å². The third-order valence-corrected chi connectivity index (χ3v) is 10.8. The van der Waals surface area contributed by atoms with E-state index in [2.05, 4.69) is 66.0 Å². The van der Waals surface area contributed by atoms with Crippen molar-refractivity contribution in [2.24, 2.45) is 23.7 Å². The van der Waals surface area contributed by atoms with Gasteiger partial charge in [-0.05, 0) is 75.0 Å². The van der Waals surface area contributed by atoms with Gasteiger partial charge in [-0.2, -0.15) is 8.42 Å². The van der Waals surface area contributed by atoms with Gasteiger partial charge in [-0.15, -0.1) is 0 Å². The largest absolute Gasteiger partial charge is 0.550 e. The first-order chi connectivity index (χ1) is 25.5. The molecule has 0 aromatic rings. The average molecular weight is 793 g/mol. The van der Waals surface area contributed by atoms with Crippen LogP contribution < -0.4 is 20.8 Å². The summed E-state index contributed by atoms with van der Waals surface area (Å²) < 4.78 is 28.5. The lowest BCUT2D eigenvalue weighted by Gasteiger charge is -2.14. The normalized spacial score (nSPS) is 12.2. The van der Waals surface area contributed by atoms with Crippen LogP contribution >= 0.6 is 0 Å². The monoisotopic (exact) mass is 793 g/mol. The van der Waals surface area contributed by atoms with Crippen molar-refractivity contribution in [1.29, 1.82) is 0 Å². The van der Waals surface area contributed by atoms with Gasteiger partial charge in [0, 0.05) is 12.4 Å². The third-order valence-electron chi connectivity index (χ3n) is 9.73. The van der Waals surface area contributed by atoms with Crippen LogP contribution in [0.4, 0.5) is 0 Å². The van der Waals surface area contributed by atoms with Gasteiger partial charge in [-0.3, -0.25) is 4.55 Å². The maximum absolute atomic E-state index is 10.2. The van der Waals surface area contributed by atoms with E-state index in [1.54, 1.807) is 0 Å². The summed E-state index contributed by atoms with van der Waals surface area (Å²) in [6.07, 6.45) is 33.2. The molecule has 0 heterocycles. The lowest BCUT2D eigenvalue weighted by molar-refractivity contribution is -0.655. The minimum absolute atomic E-state index is 0.892. The highest BCUT2D eigenvalue weighted by Gasteiger charge is 2.24. The number of unbranched alkanes of at least 4 members (excludes halogenated alkanes) is 16. The molecule has 5 N–H and O–H groups in total. The minimum atomic E-state index is -4.94. The van der Waals surface area contributed by atoms with E-state index in [-0.39, 0.29) is 0 Å². The molecule has 0 aliphatic heterocycles. The number of carboxylic acids is 2. The van der Waals surface area contributed by atoms with Crippen molar-refractivity contribution in [3.05, 3.63) is 0 Å². The SMILES string of the molecule is CC(C)CCCCCCC[NH2+]CCCCCCCC(C)C.CC(C)CCCCCCC[NH2+]CCCCCCCC(C)C.O=C([O-])CC(C(=O)[O-])S(=O)(=O)O. The Morgan fingerprint density at radius 3 is 0.833 bits per heavy atom. The second kappa shape index (κ2) is 41.4. The molecule has 0 bridgehead atoms. The van der Waals surface area contributed by atoms with Crippen LogP contribution in [0.3, 0.4) is 0 Å². The van der Waals surface area contributed by atoms with Crippen molar-refractivity contribution in [2.45, 2.75) is 221 Å². The number of quaternary nitrogens is 2. The molecule has 0 aliphatic rings. The Bertz CT molecular complexity index is 829. The first-order valence-electron chi connectivity index (χ1n) is 22.5. The second-order valence-corrected chi connectivity index (χ2v) is 19.0. The van der Waals surface area contributed by atoms with Gasteiger partial charge in [-0.1, -0.05) is 158 Å². The summed E-state index contributed by atoms with van der Waals surface area (Å²) in [4.78, 5) is 19.7. The van der Waals surface area contributed by atoms with Gasteiger partial charge in [0.25, 0.3) is 10.1 Å².